The van der Waals surface area contributed by atoms with E-state index in [-0.39, 0.29) is 0 Å². The van der Waals surface area contributed by atoms with Crippen molar-refractivity contribution in [3.63, 3.8) is 0 Å². The Bertz CT molecular complexity index is 842. The van der Waals surface area contributed by atoms with Gasteiger partial charge in [0.25, 0.3) is 0 Å². The lowest BCUT2D eigenvalue weighted by Crippen LogP contribution is -2.41. The molecule has 2 heterocycles. The molecule has 0 spiro atoms. The molecular weight excluding hydrogens is 510 g/mol. The zero-order valence-electron chi connectivity index (χ0n) is 26.6. The van der Waals surface area contributed by atoms with Gasteiger partial charge in [0.1, 0.15) is 24.7 Å². The molecule has 0 radical (unpaired) electrons. The monoisotopic (exact) mass is 562 g/mol. The number of hydrogen-bond donors (Lipinski definition) is 0. The smallest absolute Gasteiger partial charge is 0.492 e. The zero-order chi connectivity index (χ0) is 29.6. The van der Waals surface area contributed by atoms with Gasteiger partial charge in [-0.1, -0.05) is 26.7 Å². The molecule has 3 rings (SSSR count). The van der Waals surface area contributed by atoms with Gasteiger partial charge in [-0.2, -0.15) is 0 Å². The van der Waals surface area contributed by atoms with E-state index < -0.39 is 36.6 Å². The summed E-state index contributed by atoms with van der Waals surface area (Å²) >= 11 is 0. The highest BCUT2D eigenvalue weighted by Gasteiger charge is 2.55. The molecule has 2 aliphatic rings. The Morgan fingerprint density at radius 2 is 0.850 bits per heavy atom. The molecule has 226 valence electrons. The lowest BCUT2D eigenvalue weighted by molar-refractivity contribution is 0.00578. The average Bonchev–Trinajstić information content (AvgIpc) is 3.22. The number of hydrogen-bond acceptors (Lipinski definition) is 8. The van der Waals surface area contributed by atoms with E-state index in [2.05, 4.69) is 13.8 Å². The van der Waals surface area contributed by atoms with Gasteiger partial charge in [0.15, 0.2) is 0 Å². The molecule has 0 aromatic heterocycles. The highest BCUT2D eigenvalue weighted by molar-refractivity contribution is 6.66. The molecule has 0 atom stereocenters. The van der Waals surface area contributed by atoms with E-state index in [4.69, 9.17) is 37.6 Å². The summed E-state index contributed by atoms with van der Waals surface area (Å²) in [6.07, 6.45) is 4.24. The maximum absolute atomic E-state index is 6.43. The van der Waals surface area contributed by atoms with Crippen LogP contribution in [-0.2, 0) is 28.1 Å². The summed E-state index contributed by atoms with van der Waals surface area (Å²) in [7, 11) is -1.26. The Hall–Kier alpha value is -1.29. The van der Waals surface area contributed by atoms with Crippen LogP contribution < -0.4 is 20.4 Å². The molecule has 2 aliphatic heterocycles. The molecule has 0 aliphatic carbocycles. The van der Waals surface area contributed by atoms with Crippen molar-refractivity contribution in [2.45, 2.75) is 117 Å². The second kappa shape index (κ2) is 13.8. The molecule has 0 unspecified atom stereocenters. The van der Waals surface area contributed by atoms with Gasteiger partial charge in [-0.05, 0) is 80.4 Å². The quantitative estimate of drug-likeness (QED) is 0.213. The first-order chi connectivity index (χ1) is 18.7. The van der Waals surface area contributed by atoms with Crippen LogP contribution in [0.4, 0.5) is 0 Å². The van der Waals surface area contributed by atoms with E-state index in [1.807, 2.05) is 67.5 Å². The van der Waals surface area contributed by atoms with Crippen molar-refractivity contribution >= 4 is 25.2 Å². The number of ether oxygens (including phenoxy) is 4. The summed E-state index contributed by atoms with van der Waals surface area (Å²) in [5, 5.41) is 0. The van der Waals surface area contributed by atoms with Crippen molar-refractivity contribution in [2.24, 2.45) is 0 Å². The summed E-state index contributed by atoms with van der Waals surface area (Å²) in [5.74, 6) is 1.27. The second-order valence-corrected chi connectivity index (χ2v) is 12.7. The van der Waals surface area contributed by atoms with Crippen LogP contribution in [0.15, 0.2) is 12.1 Å². The highest BCUT2D eigenvalue weighted by atomic mass is 16.7. The lowest BCUT2D eigenvalue weighted by atomic mass is 9.72. The molecule has 40 heavy (non-hydrogen) atoms. The van der Waals surface area contributed by atoms with E-state index in [0.29, 0.717) is 37.9 Å². The number of benzene rings is 1. The van der Waals surface area contributed by atoms with Crippen LogP contribution in [0.5, 0.6) is 11.5 Å². The summed E-state index contributed by atoms with van der Waals surface area (Å²) in [6, 6.07) is 3.89. The largest absolute Gasteiger partial charge is 0.498 e. The van der Waals surface area contributed by atoms with Crippen molar-refractivity contribution in [3.8, 4) is 11.5 Å². The van der Waals surface area contributed by atoms with Crippen LogP contribution in [0.2, 0.25) is 0 Å². The van der Waals surface area contributed by atoms with Crippen LogP contribution in [0.3, 0.4) is 0 Å². The van der Waals surface area contributed by atoms with Gasteiger partial charge in [0, 0.05) is 24.1 Å². The van der Waals surface area contributed by atoms with Gasteiger partial charge in [-0.3, -0.25) is 0 Å². The second-order valence-electron chi connectivity index (χ2n) is 12.7. The minimum absolute atomic E-state index is 0.393. The topological polar surface area (TPSA) is 73.8 Å². The van der Waals surface area contributed by atoms with Gasteiger partial charge < -0.3 is 37.6 Å². The van der Waals surface area contributed by atoms with Gasteiger partial charge in [-0.25, -0.2) is 0 Å². The van der Waals surface area contributed by atoms with Crippen molar-refractivity contribution in [1.29, 1.82) is 0 Å². The molecule has 1 aromatic rings. The molecular formula is C30H52B2O8. The molecule has 2 saturated heterocycles. The minimum atomic E-state index is -0.628. The van der Waals surface area contributed by atoms with E-state index >= 15 is 0 Å². The maximum atomic E-state index is 6.43. The standard InChI is InChI=1S/C30H52B2O8/c1-11-13-15-33-17-19-35-25-21-24(32-39-29(7,8)30(9,10)40-32)26(36-20-18-34-16-14-12-2)22-23(25)31-37-27(3,4)28(5,6)38-31/h21-22H,11-20H2,1-10H3. The van der Waals surface area contributed by atoms with E-state index in [1.54, 1.807) is 0 Å². The van der Waals surface area contributed by atoms with E-state index in [0.717, 1.165) is 49.8 Å². The highest BCUT2D eigenvalue weighted by Crippen LogP contribution is 2.39. The summed E-state index contributed by atoms with van der Waals surface area (Å²) < 4.78 is 49.9. The lowest BCUT2D eigenvalue weighted by Gasteiger charge is -2.32. The fourth-order valence-electron chi connectivity index (χ4n) is 4.27. The Kier molecular flexibility index (Phi) is 11.4. The van der Waals surface area contributed by atoms with Crippen LogP contribution in [-0.4, -0.2) is 76.3 Å². The third-order valence-electron chi connectivity index (χ3n) is 8.41. The zero-order valence-corrected chi connectivity index (χ0v) is 26.6. The summed E-state index contributed by atoms with van der Waals surface area (Å²) in [5.41, 5.74) is -0.496. The third kappa shape index (κ3) is 7.96. The summed E-state index contributed by atoms with van der Waals surface area (Å²) in [6.45, 7) is 23.8. The van der Waals surface area contributed by atoms with Crippen molar-refractivity contribution in [3.05, 3.63) is 12.1 Å². The Labute approximate surface area is 243 Å². The molecule has 0 saturated carbocycles. The first kappa shape index (κ1) is 33.2. The number of rotatable bonds is 16. The average molecular weight is 562 g/mol. The summed E-state index contributed by atoms with van der Waals surface area (Å²) in [4.78, 5) is 0. The molecule has 0 N–H and O–H groups in total. The molecule has 0 amide bonds. The first-order valence-corrected chi connectivity index (χ1v) is 15.0. The predicted molar refractivity (Wildman–Crippen MR) is 160 cm³/mol. The van der Waals surface area contributed by atoms with Crippen LogP contribution in [0.1, 0.15) is 94.9 Å². The minimum Gasteiger partial charge on any atom is -0.492 e. The molecule has 0 bridgehead atoms. The molecule has 2 fully saturated rings. The van der Waals surface area contributed by atoms with Crippen LogP contribution in [0.25, 0.3) is 0 Å². The van der Waals surface area contributed by atoms with E-state index in [9.17, 15) is 0 Å². The van der Waals surface area contributed by atoms with Gasteiger partial charge >= 0.3 is 14.2 Å². The van der Waals surface area contributed by atoms with Gasteiger partial charge in [0.2, 0.25) is 0 Å². The fraction of sp³-hybridized carbons (Fsp3) is 0.800. The SMILES string of the molecule is CCCCOCCOc1cc(B2OC(C)(C)C(C)(C)O2)c(OCCOCCCC)cc1B1OC(C)(C)C(C)(C)O1. The Morgan fingerprint density at radius 3 is 1.15 bits per heavy atom. The van der Waals surface area contributed by atoms with Crippen molar-refractivity contribution in [1.82, 2.24) is 0 Å². The van der Waals surface area contributed by atoms with Crippen LogP contribution in [0, 0.1) is 0 Å². The molecule has 8 nitrogen and oxygen atoms in total. The maximum Gasteiger partial charge on any atom is 0.498 e. The normalized spacial score (nSPS) is 20.8. The van der Waals surface area contributed by atoms with E-state index in [1.165, 1.54) is 0 Å². The molecule has 10 heteroatoms. The first-order valence-electron chi connectivity index (χ1n) is 15.0. The Morgan fingerprint density at radius 1 is 0.525 bits per heavy atom. The number of unbranched alkanes of at least 4 members (excludes halogenated alkanes) is 2. The third-order valence-corrected chi connectivity index (χ3v) is 8.41. The van der Waals surface area contributed by atoms with Crippen LogP contribution >= 0.6 is 0 Å². The Balaban J connectivity index is 1.94. The van der Waals surface area contributed by atoms with Crippen molar-refractivity contribution < 1.29 is 37.6 Å². The fourth-order valence-corrected chi connectivity index (χ4v) is 4.27. The predicted octanol–water partition coefficient (Wildman–Crippen LogP) is 4.68. The van der Waals surface area contributed by atoms with Gasteiger partial charge in [-0.15, -0.1) is 0 Å². The molecule has 1 aromatic carbocycles. The van der Waals surface area contributed by atoms with Gasteiger partial charge in [0.05, 0.1) is 35.6 Å². The van der Waals surface area contributed by atoms with Crippen molar-refractivity contribution in [2.75, 3.05) is 39.6 Å².